The van der Waals surface area contributed by atoms with Crippen LogP contribution in [0, 0.1) is 17.8 Å². The Morgan fingerprint density at radius 1 is 0.923 bits per heavy atom. The minimum Gasteiger partial charge on any atom is -0.497 e. The Balaban J connectivity index is 1.26. The summed E-state index contributed by atoms with van der Waals surface area (Å²) in [5, 5.41) is 0. The van der Waals surface area contributed by atoms with E-state index in [0.29, 0.717) is 56.7 Å². The van der Waals surface area contributed by atoms with Crippen LogP contribution in [0.25, 0.3) is 0 Å². The van der Waals surface area contributed by atoms with Crippen molar-refractivity contribution in [3.63, 3.8) is 0 Å². The standard InChI is InChI=1S/C37H49F3N4O7S/c1-49-23-26-19-44(36(46)33-22-43(28-12-16-51-17-13-28)20-31(33)24-4-7-29(50-2)8-5-24)21-32(26)30-9-6-27(37(38,39)40)18-34(30)42-14-10-25(11-15-42)35(45)41-52(3,47)48/h4-9,18,25-26,28,31-33H,10-17,19-23H2,1-3H3,(H,41,45)/t26-,31+,32+,33-/m1/s1. The molecule has 4 atom stereocenters. The minimum absolute atomic E-state index is 0.0325. The van der Waals surface area contributed by atoms with E-state index in [1.807, 2.05) is 38.8 Å². The Bertz CT molecular complexity index is 1680. The van der Waals surface area contributed by atoms with Crippen LogP contribution in [0.4, 0.5) is 18.9 Å². The molecule has 6 rings (SSSR count). The van der Waals surface area contributed by atoms with Crippen molar-refractivity contribution >= 4 is 27.5 Å². The van der Waals surface area contributed by atoms with Crippen LogP contribution in [0.5, 0.6) is 5.75 Å². The second kappa shape index (κ2) is 15.9. The highest BCUT2D eigenvalue weighted by Crippen LogP contribution is 2.44. The molecule has 4 saturated heterocycles. The van der Waals surface area contributed by atoms with E-state index in [1.54, 1.807) is 14.2 Å². The molecule has 0 aliphatic carbocycles. The van der Waals surface area contributed by atoms with Gasteiger partial charge in [-0.05, 0) is 61.1 Å². The number of anilines is 1. The number of nitrogens with one attached hydrogen (secondary N) is 1. The molecular weight excluding hydrogens is 701 g/mol. The van der Waals surface area contributed by atoms with Gasteiger partial charge in [0.15, 0.2) is 0 Å². The van der Waals surface area contributed by atoms with Crippen LogP contribution >= 0.6 is 0 Å². The quantitative estimate of drug-likeness (QED) is 0.384. The predicted octanol–water partition coefficient (Wildman–Crippen LogP) is 4.09. The SMILES string of the molecule is COC[C@H]1CN(C(=O)[C@@H]2CN(C3CCOCC3)C[C@H]2c2ccc(OC)cc2)C[C@@H]1c1ccc(C(F)(F)F)cc1N1CCC(C(=O)NS(C)(=O)=O)CC1. The summed E-state index contributed by atoms with van der Waals surface area (Å²) in [7, 11) is -0.528. The Morgan fingerprint density at radius 3 is 2.23 bits per heavy atom. The third kappa shape index (κ3) is 8.69. The number of benzene rings is 2. The largest absolute Gasteiger partial charge is 0.497 e. The lowest BCUT2D eigenvalue weighted by Gasteiger charge is -2.36. The zero-order valence-electron chi connectivity index (χ0n) is 29.9. The number of halogens is 3. The molecule has 11 nitrogen and oxygen atoms in total. The van der Waals surface area contributed by atoms with E-state index in [0.717, 1.165) is 43.0 Å². The van der Waals surface area contributed by atoms with Gasteiger partial charge >= 0.3 is 6.18 Å². The lowest BCUT2D eigenvalue weighted by Crippen LogP contribution is -2.42. The number of carbonyl (C=O) groups is 2. The highest BCUT2D eigenvalue weighted by Gasteiger charge is 2.46. The summed E-state index contributed by atoms with van der Waals surface area (Å²) in [6.07, 6.45) is -1.27. The van der Waals surface area contributed by atoms with Crippen LogP contribution in [0.3, 0.4) is 0 Å². The number of alkyl halides is 3. The third-order valence-corrected chi connectivity index (χ3v) is 11.9. The molecule has 4 heterocycles. The van der Waals surface area contributed by atoms with Crippen molar-refractivity contribution in [1.82, 2.24) is 14.5 Å². The van der Waals surface area contributed by atoms with Gasteiger partial charge in [-0.3, -0.25) is 19.2 Å². The normalized spacial score (nSPS) is 25.4. The summed E-state index contributed by atoms with van der Waals surface area (Å²) in [5.41, 5.74) is 1.40. The van der Waals surface area contributed by atoms with Gasteiger partial charge in [0, 0.05) is 95.0 Å². The van der Waals surface area contributed by atoms with Crippen molar-refractivity contribution in [2.24, 2.45) is 17.8 Å². The van der Waals surface area contributed by atoms with E-state index in [4.69, 9.17) is 14.2 Å². The van der Waals surface area contributed by atoms with E-state index in [-0.39, 0.29) is 55.5 Å². The van der Waals surface area contributed by atoms with Gasteiger partial charge < -0.3 is 24.0 Å². The summed E-state index contributed by atoms with van der Waals surface area (Å²) in [5.74, 6) is -1.20. The smallest absolute Gasteiger partial charge is 0.416 e. The Morgan fingerprint density at radius 2 is 1.62 bits per heavy atom. The van der Waals surface area contributed by atoms with Crippen LogP contribution in [0.1, 0.15) is 54.2 Å². The number of hydrogen-bond donors (Lipinski definition) is 1. The van der Waals surface area contributed by atoms with Crippen molar-refractivity contribution in [3.8, 4) is 5.75 Å². The number of ether oxygens (including phenoxy) is 3. The predicted molar refractivity (Wildman–Crippen MR) is 189 cm³/mol. The molecule has 52 heavy (non-hydrogen) atoms. The van der Waals surface area contributed by atoms with Gasteiger partial charge in [-0.2, -0.15) is 13.2 Å². The molecule has 2 amide bonds. The molecule has 1 N–H and O–H groups in total. The highest BCUT2D eigenvalue weighted by atomic mass is 32.2. The molecule has 286 valence electrons. The number of sulfonamides is 1. The highest BCUT2D eigenvalue weighted by molar-refractivity contribution is 7.89. The van der Waals surface area contributed by atoms with Crippen LogP contribution in [-0.2, 0) is 35.3 Å². The number of methoxy groups -OCH3 is 2. The molecule has 4 aliphatic rings. The maximum Gasteiger partial charge on any atom is 0.416 e. The molecule has 0 radical (unpaired) electrons. The molecule has 4 fully saturated rings. The number of rotatable bonds is 10. The molecule has 2 aromatic rings. The second-order valence-corrected chi connectivity index (χ2v) is 16.4. The number of nitrogens with zero attached hydrogens (tertiary/aromatic N) is 3. The Labute approximate surface area is 303 Å². The number of amides is 2. The number of hydrogen-bond acceptors (Lipinski definition) is 9. The lowest BCUT2D eigenvalue weighted by molar-refractivity contribution is -0.137. The van der Waals surface area contributed by atoms with E-state index in [1.165, 1.54) is 12.1 Å². The molecule has 0 bridgehead atoms. The van der Waals surface area contributed by atoms with Crippen LogP contribution in [-0.4, -0.2) is 116 Å². The van der Waals surface area contributed by atoms with Crippen LogP contribution in [0.15, 0.2) is 42.5 Å². The van der Waals surface area contributed by atoms with Gasteiger partial charge in [-0.1, -0.05) is 18.2 Å². The second-order valence-electron chi connectivity index (χ2n) is 14.6. The van der Waals surface area contributed by atoms with Crippen LogP contribution < -0.4 is 14.4 Å². The Hall–Kier alpha value is -3.40. The van der Waals surface area contributed by atoms with Gasteiger partial charge in [-0.15, -0.1) is 0 Å². The molecule has 0 spiro atoms. The van der Waals surface area contributed by atoms with Gasteiger partial charge in [0.2, 0.25) is 21.8 Å². The first-order valence-corrected chi connectivity index (χ1v) is 19.9. The fourth-order valence-electron chi connectivity index (χ4n) is 8.60. The van der Waals surface area contributed by atoms with Crippen molar-refractivity contribution < 1.29 is 45.4 Å². The lowest BCUT2D eigenvalue weighted by atomic mass is 9.86. The maximum absolute atomic E-state index is 14.6. The Kier molecular flexibility index (Phi) is 11.7. The fraction of sp³-hybridized carbons (Fsp3) is 0.622. The first-order chi connectivity index (χ1) is 24.8. The van der Waals surface area contributed by atoms with E-state index in [2.05, 4.69) is 4.90 Å². The topological polar surface area (TPSA) is 118 Å². The van der Waals surface area contributed by atoms with Gasteiger partial charge in [0.25, 0.3) is 0 Å². The van der Waals surface area contributed by atoms with Crippen LogP contribution in [0.2, 0.25) is 0 Å². The number of carbonyl (C=O) groups excluding carboxylic acids is 2. The van der Waals surface area contributed by atoms with Gasteiger partial charge in [0.05, 0.1) is 31.5 Å². The average molecular weight is 751 g/mol. The minimum atomic E-state index is -4.57. The molecule has 0 aromatic heterocycles. The summed E-state index contributed by atoms with van der Waals surface area (Å²) in [4.78, 5) is 33.4. The maximum atomic E-state index is 14.6. The van der Waals surface area contributed by atoms with Crippen molar-refractivity contribution in [3.05, 3.63) is 59.2 Å². The van der Waals surface area contributed by atoms with Crippen molar-refractivity contribution in [2.75, 3.05) is 84.5 Å². The number of piperidine rings is 1. The first kappa shape index (κ1) is 38.3. The number of likely N-dealkylation sites (tertiary alicyclic amines) is 2. The average Bonchev–Trinajstić information content (AvgIpc) is 3.76. The molecule has 0 unspecified atom stereocenters. The fourth-order valence-corrected chi connectivity index (χ4v) is 9.13. The first-order valence-electron chi connectivity index (χ1n) is 18.0. The molecular formula is C37H49F3N4O7S. The summed E-state index contributed by atoms with van der Waals surface area (Å²) in [6.45, 7) is 4.36. The molecule has 2 aromatic carbocycles. The van der Waals surface area contributed by atoms with Gasteiger partial charge in [-0.25, -0.2) is 8.42 Å². The summed E-state index contributed by atoms with van der Waals surface area (Å²) >= 11 is 0. The van der Waals surface area contributed by atoms with Crippen molar-refractivity contribution in [2.45, 2.75) is 49.7 Å². The van der Waals surface area contributed by atoms with Crippen molar-refractivity contribution in [1.29, 1.82) is 0 Å². The molecule has 4 aliphatic heterocycles. The zero-order valence-corrected chi connectivity index (χ0v) is 30.8. The molecule has 15 heteroatoms. The molecule has 0 saturated carbocycles. The monoisotopic (exact) mass is 750 g/mol. The van der Waals surface area contributed by atoms with Gasteiger partial charge in [0.1, 0.15) is 5.75 Å². The zero-order chi connectivity index (χ0) is 37.2. The summed E-state index contributed by atoms with van der Waals surface area (Å²) in [6, 6.07) is 12.0. The third-order valence-electron chi connectivity index (χ3n) is 11.3. The van der Waals surface area contributed by atoms with E-state index < -0.39 is 33.6 Å². The summed E-state index contributed by atoms with van der Waals surface area (Å²) < 4.78 is 84.2. The van der Waals surface area contributed by atoms with E-state index >= 15 is 0 Å². The van der Waals surface area contributed by atoms with E-state index in [9.17, 15) is 31.2 Å².